The van der Waals surface area contributed by atoms with Gasteiger partial charge in [0.05, 0.1) is 31.6 Å². The maximum Gasteiger partial charge on any atom is 0.329 e. The van der Waals surface area contributed by atoms with E-state index in [0.717, 1.165) is 0 Å². The number of benzene rings is 2. The quantitative estimate of drug-likeness (QED) is 0.463. The molecular weight excluding hydrogens is 439 g/mol. The first kappa shape index (κ1) is 20.1. The summed E-state index contributed by atoms with van der Waals surface area (Å²) in [5.74, 6) is -1.63. The lowest BCUT2D eigenvalue weighted by Crippen LogP contribution is -2.53. The lowest BCUT2D eigenvalue weighted by molar-refractivity contribution is -0.151. The van der Waals surface area contributed by atoms with Crippen molar-refractivity contribution in [1.82, 2.24) is 10.2 Å². The molecule has 2 aromatic carbocycles. The number of methoxy groups -OCH3 is 1. The van der Waals surface area contributed by atoms with E-state index < -0.39 is 29.6 Å². The number of esters is 1. The number of nitrogens with one attached hydrogen (secondary N) is 1. The van der Waals surface area contributed by atoms with Gasteiger partial charge in [0.2, 0.25) is 5.91 Å². The number of carbonyl (C=O) groups excluding carboxylic acids is 2. The van der Waals surface area contributed by atoms with Crippen LogP contribution in [-0.4, -0.2) is 29.4 Å². The summed E-state index contributed by atoms with van der Waals surface area (Å²) in [4.78, 5) is 28.8. The molecule has 1 unspecified atom stereocenters. The Bertz CT molecular complexity index is 1130. The molecule has 3 aromatic rings. The Hall–Kier alpha value is -2.80. The zero-order valence-electron chi connectivity index (χ0n) is 16.4. The SMILES string of the molecule is COC(=O)[C@]12[C@@H](c3ccccc3)C(=O)N[C@@H](c3ccoc3)N1[C@@H]2c1c(Cl)cccc1Cl. The summed E-state index contributed by atoms with van der Waals surface area (Å²) < 4.78 is 10.5. The van der Waals surface area contributed by atoms with Gasteiger partial charge in [-0.15, -0.1) is 0 Å². The Morgan fingerprint density at radius 1 is 1.06 bits per heavy atom. The van der Waals surface area contributed by atoms with Crippen LogP contribution in [0.5, 0.6) is 0 Å². The molecule has 1 amide bonds. The van der Waals surface area contributed by atoms with Gasteiger partial charge in [-0.2, -0.15) is 0 Å². The average molecular weight is 457 g/mol. The highest BCUT2D eigenvalue weighted by atomic mass is 35.5. The first-order valence-corrected chi connectivity index (χ1v) is 10.5. The van der Waals surface area contributed by atoms with Crippen LogP contribution in [0.3, 0.4) is 0 Å². The molecule has 2 aliphatic rings. The second-order valence-corrected chi connectivity index (χ2v) is 8.39. The van der Waals surface area contributed by atoms with Gasteiger partial charge in [-0.3, -0.25) is 9.69 Å². The molecule has 0 spiro atoms. The van der Waals surface area contributed by atoms with Gasteiger partial charge >= 0.3 is 5.97 Å². The predicted molar refractivity (Wildman–Crippen MR) is 115 cm³/mol. The minimum atomic E-state index is -1.31. The van der Waals surface area contributed by atoms with Crippen molar-refractivity contribution in [3.05, 3.63) is 93.9 Å². The van der Waals surface area contributed by atoms with Crippen LogP contribution in [0.1, 0.15) is 34.8 Å². The predicted octanol–water partition coefficient (Wildman–Crippen LogP) is 4.47. The van der Waals surface area contributed by atoms with E-state index in [-0.39, 0.29) is 5.91 Å². The van der Waals surface area contributed by atoms with Gasteiger partial charge in [0, 0.05) is 21.2 Å². The second-order valence-electron chi connectivity index (χ2n) is 7.57. The van der Waals surface area contributed by atoms with Crippen LogP contribution in [0.15, 0.2) is 71.5 Å². The highest BCUT2D eigenvalue weighted by Crippen LogP contribution is 2.67. The molecule has 31 heavy (non-hydrogen) atoms. The third-order valence-corrected chi connectivity index (χ3v) is 6.75. The van der Waals surface area contributed by atoms with E-state index >= 15 is 0 Å². The summed E-state index contributed by atoms with van der Waals surface area (Å²) in [6.45, 7) is 0. The molecule has 1 aromatic heterocycles. The van der Waals surface area contributed by atoms with E-state index in [9.17, 15) is 9.59 Å². The average Bonchev–Trinajstić information content (AvgIpc) is 3.15. The van der Waals surface area contributed by atoms with Crippen LogP contribution in [0, 0.1) is 0 Å². The van der Waals surface area contributed by atoms with E-state index in [0.29, 0.717) is 26.7 Å². The third-order valence-electron chi connectivity index (χ3n) is 6.09. The molecule has 2 aliphatic heterocycles. The smallest absolute Gasteiger partial charge is 0.329 e. The summed E-state index contributed by atoms with van der Waals surface area (Å²) >= 11 is 13.1. The third kappa shape index (κ3) is 2.82. The van der Waals surface area contributed by atoms with Gasteiger partial charge < -0.3 is 14.5 Å². The molecule has 0 radical (unpaired) electrons. The van der Waals surface area contributed by atoms with Crippen molar-refractivity contribution in [3.8, 4) is 0 Å². The molecule has 2 fully saturated rings. The van der Waals surface area contributed by atoms with Crippen molar-refractivity contribution in [2.24, 2.45) is 0 Å². The largest absolute Gasteiger partial charge is 0.472 e. The van der Waals surface area contributed by atoms with Gasteiger partial charge in [0.1, 0.15) is 6.17 Å². The maximum absolute atomic E-state index is 13.5. The number of nitrogens with zero attached hydrogens (tertiary/aromatic N) is 1. The van der Waals surface area contributed by atoms with Crippen LogP contribution >= 0.6 is 23.2 Å². The number of carbonyl (C=O) groups is 2. The van der Waals surface area contributed by atoms with Crippen molar-refractivity contribution < 1.29 is 18.7 Å². The lowest BCUT2D eigenvalue weighted by Gasteiger charge is -2.34. The molecule has 0 saturated carbocycles. The lowest BCUT2D eigenvalue weighted by atomic mass is 9.79. The van der Waals surface area contributed by atoms with Crippen LogP contribution < -0.4 is 5.32 Å². The topological polar surface area (TPSA) is 71.6 Å². The summed E-state index contributed by atoms with van der Waals surface area (Å²) in [6.07, 6.45) is 2.45. The molecule has 3 heterocycles. The van der Waals surface area contributed by atoms with Crippen LogP contribution in [0.4, 0.5) is 0 Å². The van der Waals surface area contributed by atoms with E-state index in [1.807, 2.05) is 35.2 Å². The van der Waals surface area contributed by atoms with Gasteiger partial charge in [-0.1, -0.05) is 59.6 Å². The first-order valence-electron chi connectivity index (χ1n) is 9.70. The number of hydrogen-bond acceptors (Lipinski definition) is 5. The van der Waals surface area contributed by atoms with E-state index in [1.54, 1.807) is 30.5 Å². The zero-order valence-corrected chi connectivity index (χ0v) is 17.9. The number of hydrogen-bond donors (Lipinski definition) is 1. The van der Waals surface area contributed by atoms with Gasteiger partial charge in [0.25, 0.3) is 0 Å². The van der Waals surface area contributed by atoms with Crippen LogP contribution in [0.2, 0.25) is 10.0 Å². The highest BCUT2D eigenvalue weighted by molar-refractivity contribution is 6.36. The minimum absolute atomic E-state index is 0.287. The summed E-state index contributed by atoms with van der Waals surface area (Å²) in [6, 6.07) is 15.5. The number of furan rings is 1. The molecule has 0 aliphatic carbocycles. The number of amides is 1. The monoisotopic (exact) mass is 456 g/mol. The Morgan fingerprint density at radius 2 is 1.77 bits per heavy atom. The second kappa shape index (κ2) is 7.41. The molecule has 5 rings (SSSR count). The zero-order chi connectivity index (χ0) is 21.8. The Balaban J connectivity index is 1.76. The normalized spacial score (nSPS) is 29.1. The van der Waals surface area contributed by atoms with Crippen LogP contribution in [-0.2, 0) is 14.3 Å². The number of fused-ring (bicyclic) bond motifs is 1. The molecule has 0 bridgehead atoms. The van der Waals surface area contributed by atoms with Gasteiger partial charge in [-0.05, 0) is 23.8 Å². The Morgan fingerprint density at radius 3 is 2.39 bits per heavy atom. The number of ether oxygens (including phenoxy) is 1. The highest BCUT2D eigenvalue weighted by Gasteiger charge is 2.79. The van der Waals surface area contributed by atoms with Crippen molar-refractivity contribution in [1.29, 1.82) is 0 Å². The first-order chi connectivity index (χ1) is 15.0. The fourth-order valence-electron chi connectivity index (χ4n) is 4.84. The van der Waals surface area contributed by atoms with Crippen molar-refractivity contribution in [2.45, 2.75) is 23.7 Å². The van der Waals surface area contributed by atoms with E-state index in [2.05, 4.69) is 5.32 Å². The molecule has 2 saturated heterocycles. The van der Waals surface area contributed by atoms with Gasteiger partial charge in [-0.25, -0.2) is 4.79 Å². The summed E-state index contributed by atoms with van der Waals surface area (Å²) in [7, 11) is 1.32. The molecule has 158 valence electrons. The molecule has 1 N–H and O–H groups in total. The van der Waals surface area contributed by atoms with Gasteiger partial charge in [0.15, 0.2) is 5.54 Å². The fourth-order valence-corrected chi connectivity index (χ4v) is 5.44. The molecule has 6 nitrogen and oxygen atoms in total. The summed E-state index contributed by atoms with van der Waals surface area (Å²) in [5, 5.41) is 3.87. The standard InChI is InChI=1S/C23H18Cl2N2O4/c1-30-22(29)23-18(13-6-3-2-4-7-13)21(28)26-20(14-10-11-31-12-14)27(23)19(23)17-15(24)8-5-9-16(17)25/h2-12,18-20H,1H3,(H,26,28)/t18-,19+,20+,23+,27?/m0/s1. The van der Waals surface area contributed by atoms with Crippen molar-refractivity contribution >= 4 is 35.1 Å². The maximum atomic E-state index is 13.5. The van der Waals surface area contributed by atoms with E-state index in [1.165, 1.54) is 13.4 Å². The minimum Gasteiger partial charge on any atom is -0.472 e. The summed E-state index contributed by atoms with van der Waals surface area (Å²) in [5.41, 5.74) is 0.683. The van der Waals surface area contributed by atoms with Crippen molar-refractivity contribution in [3.63, 3.8) is 0 Å². The fraction of sp³-hybridized carbons (Fsp3) is 0.217. The molecular formula is C23H18Cl2N2O4. The van der Waals surface area contributed by atoms with Crippen molar-refractivity contribution in [2.75, 3.05) is 7.11 Å². The molecule has 5 atom stereocenters. The number of rotatable bonds is 4. The number of halogens is 2. The Labute approximate surface area is 188 Å². The Kier molecular flexibility index (Phi) is 4.81. The van der Waals surface area contributed by atoms with Crippen LogP contribution in [0.25, 0.3) is 0 Å². The molecule has 8 heteroatoms. The van der Waals surface area contributed by atoms with E-state index in [4.69, 9.17) is 32.4 Å².